The molecule has 0 bridgehead atoms. The zero-order chi connectivity index (χ0) is 20.0. The molecule has 1 saturated heterocycles. The molecule has 0 radical (unpaired) electrons. The summed E-state index contributed by atoms with van der Waals surface area (Å²) in [6.07, 6.45) is 0. The van der Waals surface area contributed by atoms with Crippen LogP contribution in [-0.2, 0) is 10.0 Å². The second kappa shape index (κ2) is 8.85. The molecule has 1 heterocycles. The molecule has 0 atom stereocenters. The van der Waals surface area contributed by atoms with Gasteiger partial charge in [-0.1, -0.05) is 12.1 Å². The normalized spacial score (nSPS) is 15.5. The molecule has 3 rings (SSSR count). The molecule has 2 aromatic rings. The predicted molar refractivity (Wildman–Crippen MR) is 103 cm³/mol. The highest BCUT2D eigenvalue weighted by atomic mass is 32.2. The Kier molecular flexibility index (Phi) is 6.27. The van der Waals surface area contributed by atoms with Crippen LogP contribution in [0.1, 0.15) is 11.1 Å². The van der Waals surface area contributed by atoms with Crippen LogP contribution in [0.2, 0.25) is 0 Å². The first kappa shape index (κ1) is 19.8. The molecule has 7 nitrogen and oxygen atoms in total. The van der Waals surface area contributed by atoms with E-state index in [9.17, 15) is 8.42 Å². The number of benzene rings is 2. The Morgan fingerprint density at radius 1 is 0.929 bits per heavy atom. The van der Waals surface area contributed by atoms with Crippen molar-refractivity contribution in [2.45, 2.75) is 4.90 Å². The number of nitrogens with zero attached hydrogens (tertiary/aromatic N) is 4. The largest absolute Gasteiger partial charge is 0.491 e. The lowest BCUT2D eigenvalue weighted by Gasteiger charge is -2.33. The van der Waals surface area contributed by atoms with Crippen molar-refractivity contribution in [3.8, 4) is 17.9 Å². The molecule has 0 unspecified atom stereocenters. The topological polar surface area (TPSA) is 97.4 Å². The number of rotatable bonds is 6. The standard InChI is InChI=1S/C20H20N4O3S/c21-15-17-5-7-19(8-6-17)28(25,26)24-11-9-23(10-12-24)13-14-27-20-4-2-1-3-18(20)16-22/h1-8H,9-14H2. The van der Waals surface area contributed by atoms with Crippen LogP contribution in [0.15, 0.2) is 53.4 Å². The van der Waals surface area contributed by atoms with Crippen molar-refractivity contribution in [2.75, 3.05) is 39.3 Å². The molecule has 0 spiro atoms. The Morgan fingerprint density at radius 3 is 2.25 bits per heavy atom. The summed E-state index contributed by atoms with van der Waals surface area (Å²) < 4.78 is 32.6. The fourth-order valence-electron chi connectivity index (χ4n) is 3.01. The fraction of sp³-hybridized carbons (Fsp3) is 0.300. The Hall–Kier alpha value is -2.91. The van der Waals surface area contributed by atoms with E-state index in [2.05, 4.69) is 11.0 Å². The summed E-state index contributed by atoms with van der Waals surface area (Å²) in [5.41, 5.74) is 0.933. The van der Waals surface area contributed by atoms with Crippen molar-refractivity contribution in [1.82, 2.24) is 9.21 Å². The smallest absolute Gasteiger partial charge is 0.243 e. The Labute approximate surface area is 165 Å². The van der Waals surface area contributed by atoms with Crippen LogP contribution in [0, 0.1) is 22.7 Å². The Balaban J connectivity index is 1.51. The molecule has 28 heavy (non-hydrogen) atoms. The second-order valence-corrected chi connectivity index (χ2v) is 8.28. The molecule has 2 aromatic carbocycles. The number of para-hydroxylation sites is 1. The first-order valence-electron chi connectivity index (χ1n) is 8.89. The van der Waals surface area contributed by atoms with Crippen molar-refractivity contribution in [3.63, 3.8) is 0 Å². The van der Waals surface area contributed by atoms with Gasteiger partial charge in [-0.05, 0) is 36.4 Å². The molecular formula is C20H20N4O3S. The summed E-state index contributed by atoms with van der Waals surface area (Å²) in [5.74, 6) is 0.562. The predicted octanol–water partition coefficient (Wildman–Crippen LogP) is 1.82. The average Bonchev–Trinajstić information content (AvgIpc) is 2.74. The summed E-state index contributed by atoms with van der Waals surface area (Å²) in [6, 6.07) is 17.1. The molecule has 0 amide bonds. The van der Waals surface area contributed by atoms with Crippen molar-refractivity contribution < 1.29 is 13.2 Å². The van der Waals surface area contributed by atoms with Crippen LogP contribution in [-0.4, -0.2) is 57.0 Å². The molecule has 0 aromatic heterocycles. The van der Waals surface area contributed by atoms with Crippen LogP contribution < -0.4 is 4.74 Å². The second-order valence-electron chi connectivity index (χ2n) is 6.34. The summed E-state index contributed by atoms with van der Waals surface area (Å²) in [4.78, 5) is 2.34. The van der Waals surface area contributed by atoms with Gasteiger partial charge in [-0.3, -0.25) is 4.90 Å². The van der Waals surface area contributed by atoms with Crippen LogP contribution in [0.3, 0.4) is 0 Å². The number of nitriles is 2. The van der Waals surface area contributed by atoms with Crippen LogP contribution in [0.4, 0.5) is 0 Å². The number of sulfonamides is 1. The number of piperazine rings is 1. The molecule has 1 aliphatic rings. The minimum absolute atomic E-state index is 0.205. The fourth-order valence-corrected chi connectivity index (χ4v) is 4.44. The molecule has 1 aliphatic heterocycles. The van der Waals surface area contributed by atoms with E-state index in [0.717, 1.165) is 0 Å². The van der Waals surface area contributed by atoms with Crippen molar-refractivity contribution >= 4 is 10.0 Å². The SMILES string of the molecule is N#Cc1ccc(S(=O)(=O)N2CCN(CCOc3ccccc3C#N)CC2)cc1. The van der Waals surface area contributed by atoms with E-state index in [0.29, 0.717) is 56.2 Å². The molecule has 144 valence electrons. The number of ether oxygens (including phenoxy) is 1. The maximum atomic E-state index is 12.7. The van der Waals surface area contributed by atoms with E-state index in [4.69, 9.17) is 15.3 Å². The molecule has 0 aliphatic carbocycles. The highest BCUT2D eigenvalue weighted by Gasteiger charge is 2.28. The highest BCUT2D eigenvalue weighted by molar-refractivity contribution is 7.89. The van der Waals surface area contributed by atoms with Crippen molar-refractivity contribution in [3.05, 3.63) is 59.7 Å². The van der Waals surface area contributed by atoms with E-state index in [1.165, 1.54) is 28.6 Å². The van der Waals surface area contributed by atoms with Gasteiger partial charge in [0, 0.05) is 32.7 Å². The van der Waals surface area contributed by atoms with Gasteiger partial charge in [0.1, 0.15) is 18.4 Å². The van der Waals surface area contributed by atoms with Gasteiger partial charge >= 0.3 is 0 Å². The lowest BCUT2D eigenvalue weighted by Crippen LogP contribution is -2.49. The van der Waals surface area contributed by atoms with Crippen molar-refractivity contribution in [1.29, 1.82) is 10.5 Å². The third-order valence-electron chi connectivity index (χ3n) is 4.63. The van der Waals surface area contributed by atoms with Crippen LogP contribution >= 0.6 is 0 Å². The monoisotopic (exact) mass is 396 g/mol. The zero-order valence-corrected chi connectivity index (χ0v) is 16.1. The third-order valence-corrected chi connectivity index (χ3v) is 6.54. The van der Waals surface area contributed by atoms with Gasteiger partial charge in [-0.25, -0.2) is 8.42 Å². The molecule has 0 N–H and O–H groups in total. The summed E-state index contributed by atoms with van der Waals surface area (Å²) in [5, 5.41) is 17.9. The lowest BCUT2D eigenvalue weighted by atomic mass is 10.2. The molecule has 8 heteroatoms. The first-order chi connectivity index (χ1) is 13.5. The lowest BCUT2D eigenvalue weighted by molar-refractivity contribution is 0.158. The maximum absolute atomic E-state index is 12.7. The van der Waals surface area contributed by atoms with Gasteiger partial charge in [0.05, 0.1) is 22.1 Å². The van der Waals surface area contributed by atoms with Gasteiger partial charge < -0.3 is 4.74 Å². The maximum Gasteiger partial charge on any atom is 0.243 e. The first-order valence-corrected chi connectivity index (χ1v) is 10.3. The quantitative estimate of drug-likeness (QED) is 0.739. The minimum Gasteiger partial charge on any atom is -0.491 e. The van der Waals surface area contributed by atoms with Gasteiger partial charge in [-0.15, -0.1) is 0 Å². The van der Waals surface area contributed by atoms with Crippen LogP contribution in [0.5, 0.6) is 5.75 Å². The number of hydrogen-bond acceptors (Lipinski definition) is 6. The van der Waals surface area contributed by atoms with Gasteiger partial charge in [0.15, 0.2) is 0 Å². The zero-order valence-electron chi connectivity index (χ0n) is 15.3. The Bertz CT molecular complexity index is 999. The number of hydrogen-bond donors (Lipinski definition) is 0. The van der Waals surface area contributed by atoms with Crippen LogP contribution in [0.25, 0.3) is 0 Å². The molecule has 1 fully saturated rings. The molecule has 0 saturated carbocycles. The highest BCUT2D eigenvalue weighted by Crippen LogP contribution is 2.19. The summed E-state index contributed by atoms with van der Waals surface area (Å²) in [6.45, 7) is 3.11. The van der Waals surface area contributed by atoms with E-state index >= 15 is 0 Å². The summed E-state index contributed by atoms with van der Waals surface area (Å²) >= 11 is 0. The summed E-state index contributed by atoms with van der Waals surface area (Å²) in [7, 11) is -3.55. The van der Waals surface area contributed by atoms with E-state index in [1.54, 1.807) is 18.2 Å². The van der Waals surface area contributed by atoms with Gasteiger partial charge in [0.25, 0.3) is 0 Å². The minimum atomic E-state index is -3.55. The third kappa shape index (κ3) is 4.49. The van der Waals surface area contributed by atoms with E-state index < -0.39 is 10.0 Å². The van der Waals surface area contributed by atoms with Crippen molar-refractivity contribution in [2.24, 2.45) is 0 Å². The van der Waals surface area contributed by atoms with E-state index in [-0.39, 0.29) is 4.90 Å². The molecular weight excluding hydrogens is 376 g/mol. The van der Waals surface area contributed by atoms with E-state index in [1.807, 2.05) is 12.1 Å². The average molecular weight is 396 g/mol. The van der Waals surface area contributed by atoms with Gasteiger partial charge in [0.2, 0.25) is 10.0 Å². The Morgan fingerprint density at radius 2 is 1.61 bits per heavy atom. The van der Waals surface area contributed by atoms with Gasteiger partial charge in [-0.2, -0.15) is 14.8 Å².